The molecule has 1 saturated carbocycles. The number of aryl methyl sites for hydroxylation is 1. The van der Waals surface area contributed by atoms with Crippen LogP contribution in [-0.4, -0.2) is 24.8 Å². The quantitative estimate of drug-likeness (QED) is 0.267. The second-order valence-corrected chi connectivity index (χ2v) is 11.7. The molecule has 1 aromatic carbocycles. The molecule has 0 spiro atoms. The molecule has 0 saturated heterocycles. The van der Waals surface area contributed by atoms with Gasteiger partial charge in [0.2, 0.25) is 0 Å². The number of ether oxygens (including phenoxy) is 1. The normalized spacial score (nSPS) is 17.0. The zero-order valence-electron chi connectivity index (χ0n) is 17.8. The fourth-order valence-corrected chi connectivity index (χ4v) is 7.76. The highest BCUT2D eigenvalue weighted by Crippen LogP contribution is 2.40. The molecule has 4 nitrogen and oxygen atoms in total. The number of benzene rings is 1. The highest BCUT2D eigenvalue weighted by atomic mass is 127. The molecule has 2 aromatic rings. The number of carbonyl (C=O) groups is 1. The van der Waals surface area contributed by atoms with Crippen molar-refractivity contribution in [3.8, 4) is 5.75 Å². The number of nitrogens with one attached hydrogen (secondary N) is 1. The zero-order chi connectivity index (χ0) is 21.8. The number of halogens is 2. The number of amides is 1. The Hall–Kier alpha value is -0.680. The predicted octanol–water partition coefficient (Wildman–Crippen LogP) is 7.05. The SMILES string of the molecule is CCOc1c(I)cc(I)cc1C=Nc1sc2c(c1C(=O)NC1CCCCC1)CCCC2. The van der Waals surface area contributed by atoms with Crippen molar-refractivity contribution in [2.45, 2.75) is 70.8 Å². The predicted molar refractivity (Wildman–Crippen MR) is 146 cm³/mol. The zero-order valence-corrected chi connectivity index (χ0v) is 22.9. The van der Waals surface area contributed by atoms with Crippen molar-refractivity contribution in [2.75, 3.05) is 6.61 Å². The lowest BCUT2D eigenvalue weighted by molar-refractivity contribution is 0.0927. The average Bonchev–Trinajstić information content (AvgIpc) is 3.13. The first-order valence-electron chi connectivity index (χ1n) is 11.2. The van der Waals surface area contributed by atoms with Crippen LogP contribution in [0.2, 0.25) is 0 Å². The van der Waals surface area contributed by atoms with Crippen LogP contribution < -0.4 is 10.1 Å². The maximum atomic E-state index is 13.4. The van der Waals surface area contributed by atoms with Crippen LogP contribution in [0.5, 0.6) is 5.75 Å². The smallest absolute Gasteiger partial charge is 0.254 e. The summed E-state index contributed by atoms with van der Waals surface area (Å²) in [4.78, 5) is 19.6. The summed E-state index contributed by atoms with van der Waals surface area (Å²) in [7, 11) is 0. The highest BCUT2D eigenvalue weighted by molar-refractivity contribution is 14.1. The third-order valence-corrected chi connectivity index (χ3v) is 8.59. The van der Waals surface area contributed by atoms with Gasteiger partial charge in [0.25, 0.3) is 5.91 Å². The molecule has 31 heavy (non-hydrogen) atoms. The van der Waals surface area contributed by atoms with Gasteiger partial charge in [0.15, 0.2) is 0 Å². The van der Waals surface area contributed by atoms with E-state index in [1.807, 2.05) is 13.1 Å². The molecule has 1 amide bonds. The average molecular weight is 662 g/mol. The number of nitrogens with zero attached hydrogens (tertiary/aromatic N) is 1. The largest absolute Gasteiger partial charge is 0.492 e. The van der Waals surface area contributed by atoms with Gasteiger partial charge in [-0.3, -0.25) is 4.79 Å². The third kappa shape index (κ3) is 5.63. The van der Waals surface area contributed by atoms with E-state index in [1.54, 1.807) is 11.3 Å². The van der Waals surface area contributed by atoms with Crippen LogP contribution in [0.25, 0.3) is 0 Å². The minimum Gasteiger partial charge on any atom is -0.492 e. The van der Waals surface area contributed by atoms with Gasteiger partial charge in [-0.15, -0.1) is 11.3 Å². The Kier molecular flexibility index (Phi) is 8.30. The molecular formula is C24H28I2N2O2S. The van der Waals surface area contributed by atoms with E-state index in [4.69, 9.17) is 9.73 Å². The van der Waals surface area contributed by atoms with Crippen molar-refractivity contribution >= 4 is 73.6 Å². The van der Waals surface area contributed by atoms with Crippen LogP contribution >= 0.6 is 56.5 Å². The third-order valence-electron chi connectivity index (χ3n) is 5.97. The molecule has 0 atom stereocenters. The van der Waals surface area contributed by atoms with Gasteiger partial charge in [-0.25, -0.2) is 4.99 Å². The number of rotatable bonds is 6. The Morgan fingerprint density at radius 2 is 1.97 bits per heavy atom. The maximum absolute atomic E-state index is 13.4. The Morgan fingerprint density at radius 3 is 2.74 bits per heavy atom. The Labute approximate surface area is 215 Å². The lowest BCUT2D eigenvalue weighted by Gasteiger charge is -2.23. The Balaban J connectivity index is 1.67. The molecule has 1 N–H and O–H groups in total. The van der Waals surface area contributed by atoms with Gasteiger partial charge in [-0.1, -0.05) is 19.3 Å². The van der Waals surface area contributed by atoms with E-state index < -0.39 is 0 Å². The summed E-state index contributed by atoms with van der Waals surface area (Å²) in [6.07, 6.45) is 12.2. The lowest BCUT2D eigenvalue weighted by Crippen LogP contribution is -2.36. The first kappa shape index (κ1) is 23.5. The number of thiophene rings is 1. The van der Waals surface area contributed by atoms with Gasteiger partial charge in [0, 0.05) is 26.3 Å². The number of carbonyl (C=O) groups excluding carboxylic acids is 1. The van der Waals surface area contributed by atoms with Crippen molar-refractivity contribution in [3.63, 3.8) is 0 Å². The van der Waals surface area contributed by atoms with Crippen LogP contribution in [0.4, 0.5) is 5.00 Å². The van der Waals surface area contributed by atoms with Gasteiger partial charge in [-0.2, -0.15) is 0 Å². The summed E-state index contributed by atoms with van der Waals surface area (Å²) in [6, 6.07) is 4.50. The fraction of sp³-hybridized carbons (Fsp3) is 0.500. The summed E-state index contributed by atoms with van der Waals surface area (Å²) < 4.78 is 8.12. The molecule has 0 aliphatic heterocycles. The molecule has 0 bridgehead atoms. The van der Waals surface area contributed by atoms with E-state index >= 15 is 0 Å². The summed E-state index contributed by atoms with van der Waals surface area (Å²) in [5, 5.41) is 4.17. The van der Waals surface area contributed by atoms with Crippen LogP contribution in [-0.2, 0) is 12.8 Å². The molecule has 1 aromatic heterocycles. The number of hydrogen-bond donors (Lipinski definition) is 1. The van der Waals surface area contributed by atoms with Crippen LogP contribution in [0.15, 0.2) is 17.1 Å². The van der Waals surface area contributed by atoms with Crippen molar-refractivity contribution in [2.24, 2.45) is 4.99 Å². The van der Waals surface area contributed by atoms with Crippen LogP contribution in [0, 0.1) is 7.14 Å². The van der Waals surface area contributed by atoms with Crippen LogP contribution in [0.1, 0.15) is 78.2 Å². The number of hydrogen-bond acceptors (Lipinski definition) is 4. The fourth-order valence-electron chi connectivity index (χ4n) is 4.48. The van der Waals surface area contributed by atoms with Gasteiger partial charge in [0.05, 0.1) is 15.7 Å². The molecule has 2 aliphatic rings. The monoisotopic (exact) mass is 662 g/mol. The second kappa shape index (κ2) is 11.0. The van der Waals surface area contributed by atoms with Gasteiger partial charge >= 0.3 is 0 Å². The molecule has 1 heterocycles. The summed E-state index contributed by atoms with van der Waals surface area (Å²) >= 11 is 6.33. The van der Waals surface area contributed by atoms with Gasteiger partial charge in [-0.05, 0) is 108 Å². The molecular weight excluding hydrogens is 634 g/mol. The van der Waals surface area contributed by atoms with Crippen molar-refractivity contribution < 1.29 is 9.53 Å². The lowest BCUT2D eigenvalue weighted by atomic mass is 9.93. The highest BCUT2D eigenvalue weighted by Gasteiger charge is 2.27. The molecule has 166 valence electrons. The summed E-state index contributed by atoms with van der Waals surface area (Å²) in [6.45, 7) is 2.61. The molecule has 1 fully saturated rings. The van der Waals surface area contributed by atoms with Gasteiger partial charge < -0.3 is 10.1 Å². The van der Waals surface area contributed by atoms with E-state index in [1.165, 1.54) is 36.1 Å². The van der Waals surface area contributed by atoms with Crippen LogP contribution in [0.3, 0.4) is 0 Å². The van der Waals surface area contributed by atoms with E-state index in [2.05, 4.69) is 62.6 Å². The molecule has 0 radical (unpaired) electrons. The molecule has 0 unspecified atom stereocenters. The Bertz CT molecular complexity index is 980. The molecule has 7 heteroatoms. The van der Waals surface area contributed by atoms with E-state index in [-0.39, 0.29) is 5.91 Å². The summed E-state index contributed by atoms with van der Waals surface area (Å²) in [5.41, 5.74) is 3.02. The maximum Gasteiger partial charge on any atom is 0.254 e. The molecule has 2 aliphatic carbocycles. The second-order valence-electron chi connectivity index (χ2n) is 8.20. The Morgan fingerprint density at radius 1 is 1.19 bits per heavy atom. The van der Waals surface area contributed by atoms with Crippen molar-refractivity contribution in [3.05, 3.63) is 40.8 Å². The van der Waals surface area contributed by atoms with Gasteiger partial charge in [0.1, 0.15) is 10.8 Å². The summed E-state index contributed by atoms with van der Waals surface area (Å²) in [5.74, 6) is 0.933. The number of aliphatic imine (C=N–C) groups is 1. The van der Waals surface area contributed by atoms with E-state index in [0.29, 0.717) is 12.6 Å². The number of fused-ring (bicyclic) bond motifs is 1. The van der Waals surface area contributed by atoms with E-state index in [9.17, 15) is 4.79 Å². The minimum absolute atomic E-state index is 0.0701. The minimum atomic E-state index is 0.0701. The van der Waals surface area contributed by atoms with Crippen molar-refractivity contribution in [1.29, 1.82) is 0 Å². The first-order valence-corrected chi connectivity index (χ1v) is 14.2. The van der Waals surface area contributed by atoms with E-state index in [0.717, 1.165) is 61.1 Å². The standard InChI is InChI=1S/C24H28I2N2O2S/c1-2-30-22-15(12-16(25)13-19(22)26)14-27-24-21(18-10-6-7-11-20(18)31-24)23(29)28-17-8-4-3-5-9-17/h12-14,17H,2-11H2,1H3,(H,28,29). The first-order chi connectivity index (χ1) is 15.1. The topological polar surface area (TPSA) is 50.7 Å². The molecule has 4 rings (SSSR count). The van der Waals surface area contributed by atoms with Crippen molar-refractivity contribution in [1.82, 2.24) is 5.32 Å².